The molecule has 0 bridgehead atoms. The maximum Gasteiger partial charge on any atom is 0.104 e. The normalized spacial score (nSPS) is 32.7. The lowest BCUT2D eigenvalue weighted by Crippen LogP contribution is -2.50. The van der Waals surface area contributed by atoms with E-state index in [0.29, 0.717) is 12.8 Å². The largest absolute Gasteiger partial charge is 0.321 e. The Morgan fingerprint density at radius 2 is 1.85 bits per heavy atom. The van der Waals surface area contributed by atoms with Gasteiger partial charge in [-0.15, -0.1) is 0 Å². The zero-order chi connectivity index (χ0) is 9.47. The Morgan fingerprint density at radius 1 is 1.31 bits per heavy atom. The molecule has 1 fully saturated rings. The second-order valence-electron chi connectivity index (χ2n) is 4.03. The monoisotopic (exact) mass is 179 g/mol. The molecule has 0 spiro atoms. The van der Waals surface area contributed by atoms with Crippen LogP contribution >= 0.6 is 0 Å². The molecule has 1 aliphatic rings. The average molecular weight is 179 g/mol. The molecule has 0 unspecified atom stereocenters. The van der Waals surface area contributed by atoms with E-state index in [2.05, 4.69) is 0 Å². The van der Waals surface area contributed by atoms with Gasteiger partial charge in [0.2, 0.25) is 0 Å². The molecule has 1 aromatic rings. The molecule has 2 N–H and O–H groups in total. The molecular formula is C11H14FN. The summed E-state index contributed by atoms with van der Waals surface area (Å²) in [5.41, 5.74) is 7.90. The van der Waals surface area contributed by atoms with Crippen molar-refractivity contribution in [3.05, 3.63) is 35.4 Å². The summed E-state index contributed by atoms with van der Waals surface area (Å²) < 4.78 is 12.7. The standard InChI is InChI=1S/C11H14FN/c1-8-2-4-9(5-3-8)11(13)6-10(12)7-11/h2-5,10H,6-7,13H2,1H3. The summed E-state index contributed by atoms with van der Waals surface area (Å²) in [5, 5.41) is 0. The van der Waals surface area contributed by atoms with Crippen molar-refractivity contribution in [1.82, 2.24) is 0 Å². The second-order valence-corrected chi connectivity index (χ2v) is 4.03. The van der Waals surface area contributed by atoms with E-state index in [9.17, 15) is 4.39 Å². The Bertz CT molecular complexity index is 298. The second kappa shape index (κ2) is 2.81. The minimum absolute atomic E-state index is 0.396. The van der Waals surface area contributed by atoms with Gasteiger partial charge < -0.3 is 5.73 Å². The maximum atomic E-state index is 12.7. The van der Waals surface area contributed by atoms with E-state index in [4.69, 9.17) is 5.73 Å². The SMILES string of the molecule is Cc1ccc(C2(N)CC(F)C2)cc1. The van der Waals surface area contributed by atoms with E-state index in [1.54, 1.807) is 0 Å². The molecule has 13 heavy (non-hydrogen) atoms. The van der Waals surface area contributed by atoms with Crippen molar-refractivity contribution in [2.45, 2.75) is 31.5 Å². The first-order valence-corrected chi connectivity index (χ1v) is 4.60. The van der Waals surface area contributed by atoms with Crippen molar-refractivity contribution < 1.29 is 4.39 Å². The lowest BCUT2D eigenvalue weighted by molar-refractivity contribution is 0.0985. The summed E-state index contributed by atoms with van der Waals surface area (Å²) in [6, 6.07) is 8.05. The molecule has 0 aromatic heterocycles. The molecule has 1 aliphatic carbocycles. The van der Waals surface area contributed by atoms with Crippen LogP contribution in [0, 0.1) is 6.92 Å². The number of rotatable bonds is 1. The number of benzene rings is 1. The molecule has 0 atom stereocenters. The van der Waals surface area contributed by atoms with Crippen LogP contribution in [-0.2, 0) is 5.54 Å². The van der Waals surface area contributed by atoms with E-state index >= 15 is 0 Å². The number of hydrogen-bond acceptors (Lipinski definition) is 1. The van der Waals surface area contributed by atoms with E-state index in [0.717, 1.165) is 5.56 Å². The molecule has 2 rings (SSSR count). The fraction of sp³-hybridized carbons (Fsp3) is 0.455. The molecule has 0 radical (unpaired) electrons. The summed E-state index contributed by atoms with van der Waals surface area (Å²) in [5.74, 6) is 0. The zero-order valence-corrected chi connectivity index (χ0v) is 7.76. The van der Waals surface area contributed by atoms with Gasteiger partial charge in [0.05, 0.1) is 0 Å². The van der Waals surface area contributed by atoms with Crippen LogP contribution in [-0.4, -0.2) is 6.17 Å². The van der Waals surface area contributed by atoms with Crippen molar-refractivity contribution in [3.63, 3.8) is 0 Å². The molecule has 1 saturated carbocycles. The predicted molar refractivity (Wildman–Crippen MR) is 51.2 cm³/mol. The molecule has 0 aliphatic heterocycles. The van der Waals surface area contributed by atoms with Crippen LogP contribution in [0.3, 0.4) is 0 Å². The average Bonchev–Trinajstić information content (AvgIpc) is 2.03. The van der Waals surface area contributed by atoms with Gasteiger partial charge in [0.1, 0.15) is 6.17 Å². The predicted octanol–water partition coefficient (Wildman–Crippen LogP) is 2.28. The van der Waals surface area contributed by atoms with Crippen molar-refractivity contribution in [1.29, 1.82) is 0 Å². The number of alkyl halides is 1. The van der Waals surface area contributed by atoms with Crippen LogP contribution in [0.5, 0.6) is 0 Å². The Morgan fingerprint density at radius 3 is 2.31 bits per heavy atom. The quantitative estimate of drug-likeness (QED) is 0.703. The topological polar surface area (TPSA) is 26.0 Å². The molecule has 2 heteroatoms. The highest BCUT2D eigenvalue weighted by atomic mass is 19.1. The van der Waals surface area contributed by atoms with Crippen LogP contribution in [0.1, 0.15) is 24.0 Å². The third-order valence-corrected chi connectivity index (χ3v) is 2.80. The van der Waals surface area contributed by atoms with Gasteiger partial charge in [-0.2, -0.15) is 0 Å². The van der Waals surface area contributed by atoms with Crippen molar-refractivity contribution in [2.75, 3.05) is 0 Å². The molecule has 1 aromatic carbocycles. The Labute approximate surface area is 77.8 Å². The Kier molecular flexibility index (Phi) is 1.88. The fourth-order valence-electron chi connectivity index (χ4n) is 1.85. The number of nitrogens with two attached hydrogens (primary N) is 1. The van der Waals surface area contributed by atoms with Crippen molar-refractivity contribution in [3.8, 4) is 0 Å². The molecule has 0 saturated heterocycles. The van der Waals surface area contributed by atoms with Gasteiger partial charge in [0.15, 0.2) is 0 Å². The first-order valence-electron chi connectivity index (χ1n) is 4.60. The smallest absolute Gasteiger partial charge is 0.104 e. The highest BCUT2D eigenvalue weighted by Gasteiger charge is 2.42. The van der Waals surface area contributed by atoms with E-state index in [1.807, 2.05) is 31.2 Å². The van der Waals surface area contributed by atoms with Gasteiger partial charge in [-0.3, -0.25) is 0 Å². The zero-order valence-electron chi connectivity index (χ0n) is 7.76. The highest BCUT2D eigenvalue weighted by Crippen LogP contribution is 2.40. The van der Waals surface area contributed by atoms with Gasteiger partial charge in [-0.05, 0) is 12.5 Å². The fourth-order valence-corrected chi connectivity index (χ4v) is 1.85. The summed E-state index contributed by atoms with van der Waals surface area (Å²) in [6.45, 7) is 2.03. The van der Waals surface area contributed by atoms with E-state index < -0.39 is 11.7 Å². The summed E-state index contributed by atoms with van der Waals surface area (Å²) >= 11 is 0. The summed E-state index contributed by atoms with van der Waals surface area (Å²) in [7, 11) is 0. The third kappa shape index (κ3) is 1.46. The highest BCUT2D eigenvalue weighted by molar-refractivity contribution is 5.30. The van der Waals surface area contributed by atoms with Crippen LogP contribution < -0.4 is 5.73 Å². The van der Waals surface area contributed by atoms with E-state index in [1.165, 1.54) is 5.56 Å². The number of hydrogen-bond donors (Lipinski definition) is 1. The number of halogens is 1. The van der Waals surface area contributed by atoms with Crippen LogP contribution in [0.2, 0.25) is 0 Å². The Balaban J connectivity index is 2.22. The van der Waals surface area contributed by atoms with Crippen LogP contribution in [0.25, 0.3) is 0 Å². The Hall–Kier alpha value is -0.890. The molecule has 0 heterocycles. The minimum atomic E-state index is -0.702. The summed E-state index contributed by atoms with van der Waals surface area (Å²) in [4.78, 5) is 0. The van der Waals surface area contributed by atoms with Crippen LogP contribution in [0.15, 0.2) is 24.3 Å². The lowest BCUT2D eigenvalue weighted by Gasteiger charge is -2.41. The number of aryl methyl sites for hydroxylation is 1. The first-order chi connectivity index (χ1) is 6.10. The third-order valence-electron chi connectivity index (χ3n) is 2.80. The van der Waals surface area contributed by atoms with Crippen molar-refractivity contribution >= 4 is 0 Å². The molecule has 0 amide bonds. The van der Waals surface area contributed by atoms with Gasteiger partial charge in [-0.25, -0.2) is 4.39 Å². The van der Waals surface area contributed by atoms with Crippen LogP contribution in [0.4, 0.5) is 4.39 Å². The minimum Gasteiger partial charge on any atom is -0.321 e. The van der Waals surface area contributed by atoms with Gasteiger partial charge in [0.25, 0.3) is 0 Å². The van der Waals surface area contributed by atoms with Gasteiger partial charge in [0, 0.05) is 18.4 Å². The van der Waals surface area contributed by atoms with Gasteiger partial charge in [-0.1, -0.05) is 29.8 Å². The van der Waals surface area contributed by atoms with E-state index in [-0.39, 0.29) is 0 Å². The lowest BCUT2D eigenvalue weighted by atomic mass is 9.71. The summed E-state index contributed by atoms with van der Waals surface area (Å²) in [6.07, 6.45) is 0.234. The first kappa shape index (κ1) is 8.70. The van der Waals surface area contributed by atoms with Gasteiger partial charge >= 0.3 is 0 Å². The molecule has 1 nitrogen and oxygen atoms in total. The van der Waals surface area contributed by atoms with Crippen molar-refractivity contribution in [2.24, 2.45) is 5.73 Å². The molecule has 70 valence electrons. The molecular weight excluding hydrogens is 165 g/mol. The maximum absolute atomic E-state index is 12.7.